The maximum Gasteiger partial charge on any atom is 0.259 e. The number of rotatable bonds is 3. The van der Waals surface area contributed by atoms with Crippen molar-refractivity contribution in [1.82, 2.24) is 10.2 Å². The standard InChI is InChI=1S/C15H14N4O2S/c1-19(14(20)11-4-2-3-10(7-11)8-16)15-18-17-13(22-15)12-5-6-21-9-12/h2-4,7,12H,5-6,9H2,1H3/t12-/m0/s1. The summed E-state index contributed by atoms with van der Waals surface area (Å²) < 4.78 is 5.35. The smallest absolute Gasteiger partial charge is 0.259 e. The summed E-state index contributed by atoms with van der Waals surface area (Å²) in [7, 11) is 1.66. The topological polar surface area (TPSA) is 79.1 Å². The predicted molar refractivity (Wildman–Crippen MR) is 82.0 cm³/mol. The van der Waals surface area contributed by atoms with E-state index in [0.29, 0.717) is 22.9 Å². The number of anilines is 1. The number of hydrogen-bond acceptors (Lipinski definition) is 6. The van der Waals surface area contributed by atoms with E-state index in [1.54, 1.807) is 31.3 Å². The summed E-state index contributed by atoms with van der Waals surface area (Å²) in [4.78, 5) is 13.9. The maximum absolute atomic E-state index is 12.5. The third kappa shape index (κ3) is 2.84. The largest absolute Gasteiger partial charge is 0.381 e. The van der Waals surface area contributed by atoms with Crippen molar-refractivity contribution in [1.29, 1.82) is 5.26 Å². The first kappa shape index (κ1) is 14.6. The summed E-state index contributed by atoms with van der Waals surface area (Å²) in [6.07, 6.45) is 0.941. The van der Waals surface area contributed by atoms with Gasteiger partial charge in [0.1, 0.15) is 5.01 Å². The van der Waals surface area contributed by atoms with Gasteiger partial charge in [-0.05, 0) is 24.6 Å². The van der Waals surface area contributed by atoms with Crippen molar-refractivity contribution in [3.8, 4) is 6.07 Å². The molecule has 0 N–H and O–H groups in total. The van der Waals surface area contributed by atoms with Crippen molar-refractivity contribution >= 4 is 22.4 Å². The van der Waals surface area contributed by atoms with E-state index < -0.39 is 0 Å². The van der Waals surface area contributed by atoms with E-state index in [1.165, 1.54) is 16.2 Å². The normalized spacial score (nSPS) is 17.2. The first-order valence-electron chi connectivity index (χ1n) is 6.88. The molecule has 112 valence electrons. The van der Waals surface area contributed by atoms with E-state index in [-0.39, 0.29) is 11.8 Å². The van der Waals surface area contributed by atoms with Crippen LogP contribution in [0.25, 0.3) is 0 Å². The van der Waals surface area contributed by atoms with Gasteiger partial charge in [-0.3, -0.25) is 9.69 Å². The Kier molecular flexibility index (Phi) is 4.13. The number of ether oxygens (including phenoxy) is 1. The van der Waals surface area contributed by atoms with Crippen molar-refractivity contribution in [3.05, 3.63) is 40.4 Å². The van der Waals surface area contributed by atoms with Gasteiger partial charge in [-0.25, -0.2) is 0 Å². The SMILES string of the molecule is CN(C(=O)c1cccc(C#N)c1)c1nnc([C@H]2CCOC2)s1. The van der Waals surface area contributed by atoms with Gasteiger partial charge in [0.05, 0.1) is 18.2 Å². The molecule has 0 unspecified atom stereocenters. The molecule has 2 heterocycles. The molecule has 6 nitrogen and oxygen atoms in total. The quantitative estimate of drug-likeness (QED) is 0.867. The van der Waals surface area contributed by atoms with Crippen LogP contribution in [-0.4, -0.2) is 36.4 Å². The highest BCUT2D eigenvalue weighted by Crippen LogP contribution is 2.31. The number of benzene rings is 1. The van der Waals surface area contributed by atoms with Crippen LogP contribution in [0, 0.1) is 11.3 Å². The van der Waals surface area contributed by atoms with Gasteiger partial charge in [0, 0.05) is 25.1 Å². The third-order valence-corrected chi connectivity index (χ3v) is 4.70. The molecule has 1 aromatic carbocycles. The van der Waals surface area contributed by atoms with Gasteiger partial charge in [0.25, 0.3) is 5.91 Å². The van der Waals surface area contributed by atoms with Crippen LogP contribution in [-0.2, 0) is 4.74 Å². The Labute approximate surface area is 132 Å². The van der Waals surface area contributed by atoms with Crippen molar-refractivity contribution in [3.63, 3.8) is 0 Å². The highest BCUT2D eigenvalue weighted by atomic mass is 32.1. The van der Waals surface area contributed by atoms with Gasteiger partial charge in [0.2, 0.25) is 5.13 Å². The molecular weight excluding hydrogens is 300 g/mol. The monoisotopic (exact) mass is 314 g/mol. The number of carbonyl (C=O) groups is 1. The Morgan fingerprint density at radius 3 is 3.09 bits per heavy atom. The van der Waals surface area contributed by atoms with Gasteiger partial charge >= 0.3 is 0 Å². The van der Waals surface area contributed by atoms with Crippen LogP contribution in [0.15, 0.2) is 24.3 Å². The number of carbonyl (C=O) groups excluding carboxylic acids is 1. The van der Waals surface area contributed by atoms with Crippen LogP contribution < -0.4 is 4.90 Å². The number of hydrogen-bond donors (Lipinski definition) is 0. The molecule has 7 heteroatoms. The summed E-state index contributed by atoms with van der Waals surface area (Å²) in [5.41, 5.74) is 0.919. The van der Waals surface area contributed by atoms with Gasteiger partial charge in [-0.1, -0.05) is 17.4 Å². The average Bonchev–Trinajstić information content (AvgIpc) is 3.24. The fourth-order valence-electron chi connectivity index (χ4n) is 2.26. The molecule has 0 aliphatic carbocycles. The highest BCUT2D eigenvalue weighted by molar-refractivity contribution is 7.15. The van der Waals surface area contributed by atoms with Gasteiger partial charge < -0.3 is 4.74 Å². The number of aromatic nitrogens is 2. The first-order valence-corrected chi connectivity index (χ1v) is 7.70. The van der Waals surface area contributed by atoms with E-state index >= 15 is 0 Å². The molecule has 1 saturated heterocycles. The van der Waals surface area contributed by atoms with Crippen molar-refractivity contribution in [2.75, 3.05) is 25.2 Å². The minimum Gasteiger partial charge on any atom is -0.381 e. The molecule has 0 bridgehead atoms. The van der Waals surface area contributed by atoms with Crippen LogP contribution in [0.1, 0.15) is 33.3 Å². The Hall–Kier alpha value is -2.30. The molecule has 2 aromatic rings. The van der Waals surface area contributed by atoms with Crippen LogP contribution in [0.2, 0.25) is 0 Å². The molecule has 3 rings (SSSR count). The predicted octanol–water partition coefficient (Wildman–Crippen LogP) is 2.19. The molecule has 1 atom stereocenters. The summed E-state index contributed by atoms with van der Waals surface area (Å²) in [5.74, 6) is 0.0686. The fraction of sp³-hybridized carbons (Fsp3) is 0.333. The number of amides is 1. The molecule has 1 aliphatic heterocycles. The molecular formula is C15H14N4O2S. The second kappa shape index (κ2) is 6.22. The molecule has 0 radical (unpaired) electrons. The molecule has 0 spiro atoms. The second-order valence-electron chi connectivity index (χ2n) is 5.04. The third-order valence-electron chi connectivity index (χ3n) is 3.54. The highest BCUT2D eigenvalue weighted by Gasteiger charge is 2.24. The Balaban J connectivity index is 1.79. The molecule has 1 fully saturated rings. The van der Waals surface area contributed by atoms with E-state index in [1.807, 2.05) is 6.07 Å². The summed E-state index contributed by atoms with van der Waals surface area (Å²) in [5, 5.41) is 18.6. The fourth-order valence-corrected chi connectivity index (χ4v) is 3.18. The molecule has 1 amide bonds. The van der Waals surface area contributed by atoms with E-state index in [0.717, 1.165) is 18.0 Å². The average molecular weight is 314 g/mol. The van der Waals surface area contributed by atoms with Crippen molar-refractivity contribution < 1.29 is 9.53 Å². The zero-order valence-corrected chi connectivity index (χ0v) is 12.8. The van der Waals surface area contributed by atoms with Crippen LogP contribution >= 0.6 is 11.3 Å². The van der Waals surface area contributed by atoms with E-state index in [2.05, 4.69) is 10.2 Å². The molecule has 0 saturated carbocycles. The van der Waals surface area contributed by atoms with Crippen LogP contribution in [0.3, 0.4) is 0 Å². The van der Waals surface area contributed by atoms with Gasteiger partial charge in [0.15, 0.2) is 0 Å². The lowest BCUT2D eigenvalue weighted by atomic mass is 10.1. The molecule has 22 heavy (non-hydrogen) atoms. The minimum atomic E-state index is -0.206. The number of nitrogens with zero attached hydrogens (tertiary/aromatic N) is 4. The lowest BCUT2D eigenvalue weighted by molar-refractivity contribution is 0.0993. The second-order valence-corrected chi connectivity index (χ2v) is 6.03. The summed E-state index contributed by atoms with van der Waals surface area (Å²) >= 11 is 1.41. The maximum atomic E-state index is 12.5. The Morgan fingerprint density at radius 1 is 1.50 bits per heavy atom. The van der Waals surface area contributed by atoms with Gasteiger partial charge in [-0.2, -0.15) is 5.26 Å². The minimum absolute atomic E-state index is 0.206. The van der Waals surface area contributed by atoms with Crippen molar-refractivity contribution in [2.45, 2.75) is 12.3 Å². The first-order chi connectivity index (χ1) is 10.7. The number of nitriles is 1. The zero-order valence-electron chi connectivity index (χ0n) is 12.0. The lowest BCUT2D eigenvalue weighted by Crippen LogP contribution is -2.26. The van der Waals surface area contributed by atoms with Crippen LogP contribution in [0.5, 0.6) is 0 Å². The zero-order chi connectivity index (χ0) is 15.5. The molecule has 1 aliphatic rings. The van der Waals surface area contributed by atoms with E-state index in [9.17, 15) is 4.79 Å². The summed E-state index contributed by atoms with van der Waals surface area (Å²) in [6.45, 7) is 1.41. The van der Waals surface area contributed by atoms with Crippen molar-refractivity contribution in [2.24, 2.45) is 0 Å². The lowest BCUT2D eigenvalue weighted by Gasteiger charge is -2.13. The Bertz CT molecular complexity index is 731. The van der Waals surface area contributed by atoms with Crippen LogP contribution in [0.4, 0.5) is 5.13 Å². The van der Waals surface area contributed by atoms with E-state index in [4.69, 9.17) is 10.00 Å². The Morgan fingerprint density at radius 2 is 2.36 bits per heavy atom. The molecule has 1 aromatic heterocycles. The van der Waals surface area contributed by atoms with Gasteiger partial charge in [-0.15, -0.1) is 10.2 Å². The summed E-state index contributed by atoms with van der Waals surface area (Å²) in [6, 6.07) is 8.66.